The molecular formula is C10H12O4. The average Bonchev–Trinajstić information content (AvgIpc) is 2.49. The van der Waals surface area contributed by atoms with Gasteiger partial charge in [0, 0.05) is 19.4 Å². The van der Waals surface area contributed by atoms with E-state index < -0.39 is 6.10 Å². The minimum Gasteiger partial charge on any atom is -0.461 e. The van der Waals surface area contributed by atoms with E-state index in [1.807, 2.05) is 0 Å². The average molecular weight is 196 g/mol. The highest BCUT2D eigenvalue weighted by molar-refractivity contribution is 5.92. The van der Waals surface area contributed by atoms with E-state index in [2.05, 4.69) is 0 Å². The van der Waals surface area contributed by atoms with Crippen molar-refractivity contribution in [1.82, 2.24) is 0 Å². The maximum Gasteiger partial charge on any atom is 0.303 e. The first-order chi connectivity index (χ1) is 6.52. The van der Waals surface area contributed by atoms with Crippen LogP contribution in [-0.4, -0.2) is 11.8 Å². The maximum atomic E-state index is 11.1. The van der Waals surface area contributed by atoms with Crippen molar-refractivity contribution in [1.29, 1.82) is 0 Å². The molecule has 0 fully saturated rings. The normalized spacial score (nSPS) is 12.2. The van der Waals surface area contributed by atoms with Gasteiger partial charge in [-0.2, -0.15) is 0 Å². The Labute approximate surface area is 81.9 Å². The predicted octanol–water partition coefficient (Wildman–Crippen LogP) is 2.11. The molecule has 0 aliphatic carbocycles. The lowest BCUT2D eigenvalue weighted by molar-refractivity contribution is -0.145. The molecule has 4 nitrogen and oxygen atoms in total. The zero-order chi connectivity index (χ0) is 10.7. The summed E-state index contributed by atoms with van der Waals surface area (Å²) in [6.07, 6.45) is 0.955. The van der Waals surface area contributed by atoms with E-state index in [-0.39, 0.29) is 17.5 Å². The SMILES string of the molecule is CC(=O)OC(C)c1ccoc1C(C)=O. The molecule has 0 aromatic carbocycles. The molecule has 0 bridgehead atoms. The van der Waals surface area contributed by atoms with E-state index >= 15 is 0 Å². The van der Waals surface area contributed by atoms with E-state index in [1.54, 1.807) is 13.0 Å². The van der Waals surface area contributed by atoms with Crippen molar-refractivity contribution >= 4 is 11.8 Å². The van der Waals surface area contributed by atoms with Crippen molar-refractivity contribution in [2.24, 2.45) is 0 Å². The van der Waals surface area contributed by atoms with Crippen molar-refractivity contribution < 1.29 is 18.7 Å². The van der Waals surface area contributed by atoms with Gasteiger partial charge in [-0.1, -0.05) is 0 Å². The zero-order valence-electron chi connectivity index (χ0n) is 8.37. The highest BCUT2D eigenvalue weighted by atomic mass is 16.5. The third kappa shape index (κ3) is 2.22. The summed E-state index contributed by atoms with van der Waals surface area (Å²) in [6.45, 7) is 4.42. The Balaban J connectivity index is 2.89. The minimum atomic E-state index is -0.454. The molecule has 1 heterocycles. The molecule has 1 aromatic heterocycles. The number of hydrogen-bond donors (Lipinski definition) is 0. The molecule has 0 spiro atoms. The number of carbonyl (C=O) groups excluding carboxylic acids is 2. The fourth-order valence-electron chi connectivity index (χ4n) is 1.24. The summed E-state index contributed by atoms with van der Waals surface area (Å²) in [5, 5.41) is 0. The van der Waals surface area contributed by atoms with Crippen LogP contribution in [0, 0.1) is 0 Å². The van der Waals surface area contributed by atoms with Crippen molar-refractivity contribution in [3.05, 3.63) is 23.7 Å². The summed E-state index contributed by atoms with van der Waals surface area (Å²) in [4.78, 5) is 21.8. The van der Waals surface area contributed by atoms with Gasteiger partial charge in [-0.05, 0) is 13.0 Å². The number of ether oxygens (including phenoxy) is 1. The standard InChI is InChI=1S/C10H12O4/c1-6(11)10-9(4-5-13-10)7(2)14-8(3)12/h4-5,7H,1-3H3. The lowest BCUT2D eigenvalue weighted by atomic mass is 10.1. The van der Waals surface area contributed by atoms with Gasteiger partial charge in [-0.3, -0.25) is 9.59 Å². The molecule has 4 heteroatoms. The van der Waals surface area contributed by atoms with Crippen LogP contribution >= 0.6 is 0 Å². The second-order valence-electron chi connectivity index (χ2n) is 3.01. The summed E-state index contributed by atoms with van der Waals surface area (Å²) < 4.78 is 9.92. The van der Waals surface area contributed by atoms with E-state index in [0.717, 1.165) is 0 Å². The van der Waals surface area contributed by atoms with Gasteiger partial charge in [0.1, 0.15) is 6.10 Å². The lowest BCUT2D eigenvalue weighted by Crippen LogP contribution is -2.07. The van der Waals surface area contributed by atoms with Gasteiger partial charge in [0.05, 0.1) is 6.26 Å². The Kier molecular flexibility index (Phi) is 3.06. The molecule has 0 N–H and O–H groups in total. The molecule has 0 saturated carbocycles. The highest BCUT2D eigenvalue weighted by Gasteiger charge is 2.18. The smallest absolute Gasteiger partial charge is 0.303 e. The number of hydrogen-bond acceptors (Lipinski definition) is 4. The molecular weight excluding hydrogens is 184 g/mol. The summed E-state index contributed by atoms with van der Waals surface area (Å²) in [7, 11) is 0. The van der Waals surface area contributed by atoms with Gasteiger partial charge < -0.3 is 9.15 Å². The molecule has 0 radical (unpaired) electrons. The Morgan fingerprint density at radius 3 is 2.57 bits per heavy atom. The van der Waals surface area contributed by atoms with Crippen LogP contribution in [0.15, 0.2) is 16.7 Å². The summed E-state index contributed by atoms with van der Waals surface area (Å²) in [5.74, 6) is -0.309. The Morgan fingerprint density at radius 1 is 1.43 bits per heavy atom. The molecule has 1 atom stereocenters. The van der Waals surface area contributed by atoms with Crippen molar-refractivity contribution in [2.75, 3.05) is 0 Å². The lowest BCUT2D eigenvalue weighted by Gasteiger charge is -2.10. The molecule has 76 valence electrons. The Bertz CT molecular complexity index is 351. The van der Waals surface area contributed by atoms with Gasteiger partial charge in [-0.15, -0.1) is 0 Å². The monoisotopic (exact) mass is 196 g/mol. The van der Waals surface area contributed by atoms with Crippen molar-refractivity contribution in [3.63, 3.8) is 0 Å². The molecule has 1 aromatic rings. The van der Waals surface area contributed by atoms with Gasteiger partial charge in [0.15, 0.2) is 11.5 Å². The first-order valence-electron chi connectivity index (χ1n) is 4.28. The van der Waals surface area contributed by atoms with E-state index in [4.69, 9.17) is 9.15 Å². The van der Waals surface area contributed by atoms with Crippen LogP contribution in [-0.2, 0) is 9.53 Å². The van der Waals surface area contributed by atoms with E-state index in [1.165, 1.54) is 20.1 Å². The van der Waals surface area contributed by atoms with Crippen LogP contribution in [0.4, 0.5) is 0 Å². The van der Waals surface area contributed by atoms with Gasteiger partial charge in [-0.25, -0.2) is 0 Å². The molecule has 1 rings (SSSR count). The number of Topliss-reactive ketones (excluding diaryl/α,β-unsaturated/α-hetero) is 1. The van der Waals surface area contributed by atoms with Crippen LogP contribution in [0.3, 0.4) is 0 Å². The first kappa shape index (κ1) is 10.5. The van der Waals surface area contributed by atoms with Gasteiger partial charge in [0.25, 0.3) is 0 Å². The number of rotatable bonds is 3. The van der Waals surface area contributed by atoms with Crippen LogP contribution in [0.1, 0.15) is 43.0 Å². The molecule has 0 saturated heterocycles. The number of furan rings is 1. The summed E-state index contributed by atoms with van der Waals surface area (Å²) in [6, 6.07) is 1.63. The van der Waals surface area contributed by atoms with E-state index in [0.29, 0.717) is 5.56 Å². The fraction of sp³-hybridized carbons (Fsp3) is 0.400. The number of ketones is 1. The van der Waals surface area contributed by atoms with Gasteiger partial charge in [0.2, 0.25) is 0 Å². The van der Waals surface area contributed by atoms with Crippen LogP contribution in [0.25, 0.3) is 0 Å². The number of esters is 1. The van der Waals surface area contributed by atoms with Crippen LogP contribution < -0.4 is 0 Å². The molecule has 0 aliphatic rings. The summed E-state index contributed by atoms with van der Waals surface area (Å²) >= 11 is 0. The molecule has 1 unspecified atom stereocenters. The zero-order valence-corrected chi connectivity index (χ0v) is 8.37. The third-order valence-electron chi connectivity index (χ3n) is 1.80. The van der Waals surface area contributed by atoms with Gasteiger partial charge >= 0.3 is 5.97 Å². The Morgan fingerprint density at radius 2 is 2.07 bits per heavy atom. The Hall–Kier alpha value is -1.58. The topological polar surface area (TPSA) is 56.5 Å². The first-order valence-corrected chi connectivity index (χ1v) is 4.28. The van der Waals surface area contributed by atoms with Crippen LogP contribution in [0.5, 0.6) is 0 Å². The van der Waals surface area contributed by atoms with Crippen LogP contribution in [0.2, 0.25) is 0 Å². The highest BCUT2D eigenvalue weighted by Crippen LogP contribution is 2.22. The quantitative estimate of drug-likeness (QED) is 0.548. The maximum absolute atomic E-state index is 11.1. The molecule has 14 heavy (non-hydrogen) atoms. The number of carbonyl (C=O) groups is 2. The van der Waals surface area contributed by atoms with E-state index in [9.17, 15) is 9.59 Å². The molecule has 0 amide bonds. The molecule has 0 aliphatic heterocycles. The second kappa shape index (κ2) is 4.09. The summed E-state index contributed by atoms with van der Waals surface area (Å²) in [5.41, 5.74) is 0.604. The predicted molar refractivity (Wildman–Crippen MR) is 48.9 cm³/mol. The van der Waals surface area contributed by atoms with Crippen molar-refractivity contribution in [2.45, 2.75) is 26.9 Å². The van der Waals surface area contributed by atoms with Crippen molar-refractivity contribution in [3.8, 4) is 0 Å². The minimum absolute atomic E-state index is 0.177. The second-order valence-corrected chi connectivity index (χ2v) is 3.01. The largest absolute Gasteiger partial charge is 0.461 e. The fourth-order valence-corrected chi connectivity index (χ4v) is 1.24. The third-order valence-corrected chi connectivity index (χ3v) is 1.80.